The molecular formula is C29H33ClN4O3. The minimum atomic E-state index is -0.238. The van der Waals surface area contributed by atoms with E-state index in [2.05, 4.69) is 30.1 Å². The maximum Gasteiger partial charge on any atom is 0.257 e. The van der Waals surface area contributed by atoms with E-state index in [4.69, 9.17) is 21.1 Å². The van der Waals surface area contributed by atoms with Crippen molar-refractivity contribution < 1.29 is 14.3 Å². The number of hydrogen-bond acceptors (Lipinski definition) is 5. The molecule has 1 aromatic heterocycles. The second-order valence-electron chi connectivity index (χ2n) is 10.2. The van der Waals surface area contributed by atoms with Crippen LogP contribution in [0.1, 0.15) is 41.2 Å². The van der Waals surface area contributed by atoms with Crippen molar-refractivity contribution in [2.75, 3.05) is 44.8 Å². The first kappa shape index (κ1) is 26.7. The number of rotatable bonds is 8. The Morgan fingerprint density at radius 3 is 2.51 bits per heavy atom. The SMILES string of the molecule is Cc1cc(C(=O)Nc2ccc(OCC(C)(C)CN3CCOCC3)c(C#N)c2)c(C)n1-c1ccc(Cl)cc1. The van der Waals surface area contributed by atoms with Gasteiger partial charge in [-0.25, -0.2) is 0 Å². The molecule has 2 heterocycles. The van der Waals surface area contributed by atoms with Gasteiger partial charge in [0.2, 0.25) is 0 Å². The van der Waals surface area contributed by atoms with Crippen molar-refractivity contribution in [2.45, 2.75) is 27.7 Å². The molecule has 1 fully saturated rings. The highest BCUT2D eigenvalue weighted by Crippen LogP contribution is 2.27. The molecule has 194 valence electrons. The highest BCUT2D eigenvalue weighted by molar-refractivity contribution is 6.30. The molecule has 0 spiro atoms. The van der Waals surface area contributed by atoms with Gasteiger partial charge in [-0.1, -0.05) is 25.4 Å². The lowest BCUT2D eigenvalue weighted by molar-refractivity contribution is 0.0132. The molecule has 1 saturated heterocycles. The molecule has 3 aromatic rings. The van der Waals surface area contributed by atoms with Gasteiger partial charge in [-0.2, -0.15) is 5.26 Å². The predicted molar refractivity (Wildman–Crippen MR) is 146 cm³/mol. The first-order chi connectivity index (χ1) is 17.7. The average molecular weight is 521 g/mol. The van der Waals surface area contributed by atoms with Gasteiger partial charge in [-0.15, -0.1) is 0 Å². The molecule has 37 heavy (non-hydrogen) atoms. The van der Waals surface area contributed by atoms with E-state index in [0.29, 0.717) is 34.2 Å². The van der Waals surface area contributed by atoms with Gasteiger partial charge < -0.3 is 19.4 Å². The minimum Gasteiger partial charge on any atom is -0.492 e. The number of anilines is 1. The van der Waals surface area contributed by atoms with Crippen LogP contribution in [0.2, 0.25) is 5.02 Å². The molecule has 0 atom stereocenters. The summed E-state index contributed by atoms with van der Waals surface area (Å²) in [4.78, 5) is 15.5. The topological polar surface area (TPSA) is 79.5 Å². The summed E-state index contributed by atoms with van der Waals surface area (Å²) >= 11 is 6.03. The number of ether oxygens (including phenoxy) is 2. The summed E-state index contributed by atoms with van der Waals surface area (Å²) in [5.74, 6) is 0.272. The molecule has 0 bridgehead atoms. The van der Waals surface area contributed by atoms with Crippen LogP contribution in [0.25, 0.3) is 5.69 Å². The third-order valence-electron chi connectivity index (χ3n) is 6.49. The van der Waals surface area contributed by atoms with Crippen molar-refractivity contribution in [2.24, 2.45) is 5.41 Å². The van der Waals surface area contributed by atoms with Crippen LogP contribution < -0.4 is 10.1 Å². The van der Waals surface area contributed by atoms with Crippen molar-refractivity contribution in [1.82, 2.24) is 9.47 Å². The quantitative estimate of drug-likeness (QED) is 0.417. The first-order valence-corrected chi connectivity index (χ1v) is 12.8. The fourth-order valence-electron chi connectivity index (χ4n) is 4.68. The number of aryl methyl sites for hydroxylation is 1. The van der Waals surface area contributed by atoms with Crippen LogP contribution in [0, 0.1) is 30.6 Å². The number of aromatic nitrogens is 1. The van der Waals surface area contributed by atoms with Crippen molar-refractivity contribution in [3.05, 3.63) is 76.1 Å². The molecule has 8 heteroatoms. The summed E-state index contributed by atoms with van der Waals surface area (Å²) < 4.78 is 13.5. The summed E-state index contributed by atoms with van der Waals surface area (Å²) in [6, 6.07) is 16.7. The van der Waals surface area contributed by atoms with Crippen LogP contribution in [0.15, 0.2) is 48.5 Å². The van der Waals surface area contributed by atoms with E-state index in [1.807, 2.05) is 48.7 Å². The van der Waals surface area contributed by atoms with Crippen LogP contribution in [0.4, 0.5) is 5.69 Å². The van der Waals surface area contributed by atoms with Gasteiger partial charge >= 0.3 is 0 Å². The number of hydrogen-bond donors (Lipinski definition) is 1. The Morgan fingerprint density at radius 1 is 1.14 bits per heavy atom. The fourth-order valence-corrected chi connectivity index (χ4v) is 4.81. The number of carbonyl (C=O) groups excluding carboxylic acids is 1. The fraction of sp³-hybridized carbons (Fsp3) is 0.379. The number of nitrogens with one attached hydrogen (secondary N) is 1. The van der Waals surface area contributed by atoms with E-state index in [1.54, 1.807) is 18.2 Å². The van der Waals surface area contributed by atoms with E-state index in [0.717, 1.165) is 49.9 Å². The third-order valence-corrected chi connectivity index (χ3v) is 6.74. The van der Waals surface area contributed by atoms with Crippen LogP contribution in [0.3, 0.4) is 0 Å². The largest absolute Gasteiger partial charge is 0.492 e. The zero-order valence-corrected chi connectivity index (χ0v) is 22.6. The Kier molecular flexibility index (Phi) is 8.23. The smallest absolute Gasteiger partial charge is 0.257 e. The second-order valence-corrected chi connectivity index (χ2v) is 10.7. The molecule has 0 aliphatic carbocycles. The molecule has 0 saturated carbocycles. The Morgan fingerprint density at radius 2 is 1.84 bits per heavy atom. The maximum absolute atomic E-state index is 13.1. The van der Waals surface area contributed by atoms with E-state index in [1.165, 1.54) is 0 Å². The summed E-state index contributed by atoms with van der Waals surface area (Å²) in [7, 11) is 0. The zero-order chi connectivity index (χ0) is 26.6. The lowest BCUT2D eigenvalue weighted by atomic mass is 9.93. The van der Waals surface area contributed by atoms with Gasteiger partial charge in [0.25, 0.3) is 5.91 Å². The van der Waals surface area contributed by atoms with Gasteiger partial charge in [0, 0.05) is 52.8 Å². The van der Waals surface area contributed by atoms with Crippen molar-refractivity contribution in [3.8, 4) is 17.5 Å². The molecule has 0 radical (unpaired) electrons. The van der Waals surface area contributed by atoms with Crippen molar-refractivity contribution in [3.63, 3.8) is 0 Å². The molecule has 7 nitrogen and oxygen atoms in total. The van der Waals surface area contributed by atoms with Gasteiger partial charge in [0.15, 0.2) is 0 Å². The van der Waals surface area contributed by atoms with Gasteiger partial charge in [0.1, 0.15) is 11.8 Å². The average Bonchev–Trinajstić information content (AvgIpc) is 3.18. The molecule has 2 aromatic carbocycles. The first-order valence-electron chi connectivity index (χ1n) is 12.4. The van der Waals surface area contributed by atoms with Crippen molar-refractivity contribution >= 4 is 23.2 Å². The summed E-state index contributed by atoms with van der Waals surface area (Å²) in [5.41, 5.74) is 4.08. The molecular weight excluding hydrogens is 488 g/mol. The highest BCUT2D eigenvalue weighted by atomic mass is 35.5. The van der Waals surface area contributed by atoms with Crippen LogP contribution >= 0.6 is 11.6 Å². The minimum absolute atomic E-state index is 0.0937. The van der Waals surface area contributed by atoms with E-state index < -0.39 is 0 Å². The highest BCUT2D eigenvalue weighted by Gasteiger charge is 2.25. The Hall–Kier alpha value is -3.31. The number of halogens is 1. The predicted octanol–water partition coefficient (Wildman–Crippen LogP) is 5.61. The monoisotopic (exact) mass is 520 g/mol. The zero-order valence-electron chi connectivity index (χ0n) is 21.8. The standard InChI is InChI=1S/C29H33ClN4O3/c1-20-15-26(21(2)34(20)25-8-5-23(30)6-9-25)28(35)32-24-7-10-27(22(16-24)17-31)37-19-29(3,4)18-33-11-13-36-14-12-33/h5-10,15-16H,11-14,18-19H2,1-4H3,(H,32,35). The Balaban J connectivity index is 1.44. The molecule has 1 amide bonds. The molecule has 1 aliphatic rings. The lowest BCUT2D eigenvalue weighted by Gasteiger charge is -2.34. The number of benzene rings is 2. The second kappa shape index (κ2) is 11.4. The van der Waals surface area contributed by atoms with Gasteiger partial charge in [-0.05, 0) is 62.4 Å². The number of carbonyl (C=O) groups is 1. The van der Waals surface area contributed by atoms with Gasteiger partial charge in [-0.3, -0.25) is 9.69 Å². The van der Waals surface area contributed by atoms with E-state index in [-0.39, 0.29) is 11.3 Å². The third kappa shape index (κ3) is 6.53. The normalized spacial score (nSPS) is 14.3. The van der Waals surface area contributed by atoms with E-state index >= 15 is 0 Å². The molecule has 1 aliphatic heterocycles. The Labute approximate surface area is 223 Å². The van der Waals surface area contributed by atoms with E-state index in [9.17, 15) is 10.1 Å². The number of morpholine rings is 1. The van der Waals surface area contributed by atoms with Crippen molar-refractivity contribution in [1.29, 1.82) is 5.26 Å². The molecule has 1 N–H and O–H groups in total. The summed E-state index contributed by atoms with van der Waals surface area (Å²) in [5, 5.41) is 13.3. The summed E-state index contributed by atoms with van der Waals surface area (Å²) in [6.07, 6.45) is 0. The van der Waals surface area contributed by atoms with Crippen LogP contribution in [0.5, 0.6) is 5.75 Å². The Bertz CT molecular complexity index is 1300. The number of nitriles is 1. The number of nitrogens with zero attached hydrogens (tertiary/aromatic N) is 3. The summed E-state index contributed by atoms with van der Waals surface area (Å²) in [6.45, 7) is 12.9. The molecule has 4 rings (SSSR count). The van der Waals surface area contributed by atoms with Crippen LogP contribution in [-0.2, 0) is 4.74 Å². The van der Waals surface area contributed by atoms with Crippen LogP contribution in [-0.4, -0.2) is 54.8 Å². The molecule has 0 unspecified atom stereocenters. The lowest BCUT2D eigenvalue weighted by Crippen LogP contribution is -2.43. The van der Waals surface area contributed by atoms with Gasteiger partial charge in [0.05, 0.1) is 30.9 Å². The number of amides is 1. The maximum atomic E-state index is 13.1.